The summed E-state index contributed by atoms with van der Waals surface area (Å²) in [4.78, 5) is 38.8. The Morgan fingerprint density at radius 1 is 1.23 bits per heavy atom. The van der Waals surface area contributed by atoms with Crippen LogP contribution in [0.5, 0.6) is 0 Å². The summed E-state index contributed by atoms with van der Waals surface area (Å²) < 4.78 is 11.8. The van der Waals surface area contributed by atoms with Gasteiger partial charge in [0.05, 0.1) is 18.3 Å². The van der Waals surface area contributed by atoms with Crippen molar-refractivity contribution in [2.45, 2.75) is 59.0 Å². The van der Waals surface area contributed by atoms with Gasteiger partial charge in [-0.3, -0.25) is 9.48 Å². The van der Waals surface area contributed by atoms with Gasteiger partial charge in [0.25, 0.3) is 5.91 Å². The van der Waals surface area contributed by atoms with Crippen molar-refractivity contribution in [3.63, 3.8) is 0 Å². The number of hydrogen-bond donors (Lipinski definition) is 1. The molecule has 30 heavy (non-hydrogen) atoms. The van der Waals surface area contributed by atoms with Crippen molar-refractivity contribution in [2.75, 3.05) is 11.9 Å². The molecule has 0 radical (unpaired) electrons. The van der Waals surface area contributed by atoms with Crippen molar-refractivity contribution < 1.29 is 23.9 Å². The molecule has 1 aliphatic carbocycles. The molecule has 0 saturated carbocycles. The van der Waals surface area contributed by atoms with Gasteiger partial charge in [0, 0.05) is 18.0 Å². The molecule has 0 aliphatic heterocycles. The molecule has 2 aromatic rings. The topological polar surface area (TPSA) is 99.5 Å². The third-order valence-electron chi connectivity index (χ3n) is 5.08. The molecule has 162 valence electrons. The number of fused-ring (bicyclic) bond motifs is 1. The van der Waals surface area contributed by atoms with E-state index < -0.39 is 17.8 Å². The number of ether oxygens (including phenoxy) is 2. The SMILES string of the molecule is CCOC(=O)c1cc(C(=O)Nc2sc3c(c2C(=O)O[C@H](C)CC)CCCC3)n(C)n1. The van der Waals surface area contributed by atoms with E-state index >= 15 is 0 Å². The van der Waals surface area contributed by atoms with Crippen LogP contribution in [0.4, 0.5) is 5.00 Å². The average molecular weight is 434 g/mol. The second kappa shape index (κ2) is 9.42. The molecule has 0 saturated heterocycles. The van der Waals surface area contributed by atoms with Gasteiger partial charge in [0.2, 0.25) is 0 Å². The molecule has 0 fully saturated rings. The van der Waals surface area contributed by atoms with Gasteiger partial charge in [-0.05, 0) is 51.5 Å². The fourth-order valence-electron chi connectivity index (χ4n) is 3.35. The Hall–Kier alpha value is -2.68. The minimum Gasteiger partial charge on any atom is -0.461 e. The molecular formula is C21H27N3O5S. The zero-order valence-electron chi connectivity index (χ0n) is 17.7. The Balaban J connectivity index is 1.89. The predicted octanol–water partition coefficient (Wildman–Crippen LogP) is 3.74. The molecule has 0 aromatic carbocycles. The second-order valence-corrected chi connectivity index (χ2v) is 8.36. The largest absolute Gasteiger partial charge is 0.461 e. The first-order valence-corrected chi connectivity index (χ1v) is 11.0. The van der Waals surface area contributed by atoms with Gasteiger partial charge < -0.3 is 14.8 Å². The molecule has 1 atom stereocenters. The van der Waals surface area contributed by atoms with Crippen molar-refractivity contribution in [1.29, 1.82) is 0 Å². The minimum absolute atomic E-state index is 0.0615. The normalized spacial score (nSPS) is 14.0. The monoisotopic (exact) mass is 433 g/mol. The van der Waals surface area contributed by atoms with Gasteiger partial charge in [-0.15, -0.1) is 11.3 Å². The van der Waals surface area contributed by atoms with Crippen LogP contribution in [0.3, 0.4) is 0 Å². The van der Waals surface area contributed by atoms with Gasteiger partial charge in [0.1, 0.15) is 10.7 Å². The number of nitrogens with zero attached hydrogens (tertiary/aromatic N) is 2. The van der Waals surface area contributed by atoms with Crippen molar-refractivity contribution in [2.24, 2.45) is 7.05 Å². The Morgan fingerprint density at radius 3 is 2.67 bits per heavy atom. The number of carbonyl (C=O) groups excluding carboxylic acids is 3. The van der Waals surface area contributed by atoms with E-state index in [4.69, 9.17) is 9.47 Å². The number of hydrogen-bond acceptors (Lipinski definition) is 7. The van der Waals surface area contributed by atoms with E-state index in [-0.39, 0.29) is 24.1 Å². The number of anilines is 1. The first-order valence-electron chi connectivity index (χ1n) is 10.2. The number of amides is 1. The molecule has 0 spiro atoms. The van der Waals surface area contributed by atoms with Crippen LogP contribution in [-0.4, -0.2) is 40.3 Å². The molecule has 9 heteroatoms. The first kappa shape index (κ1) is 22.0. The molecule has 8 nitrogen and oxygen atoms in total. The van der Waals surface area contributed by atoms with Gasteiger partial charge in [-0.2, -0.15) is 5.10 Å². The van der Waals surface area contributed by atoms with Gasteiger partial charge in [-0.1, -0.05) is 6.92 Å². The van der Waals surface area contributed by atoms with Gasteiger partial charge in [-0.25, -0.2) is 9.59 Å². The summed E-state index contributed by atoms with van der Waals surface area (Å²) in [7, 11) is 1.58. The molecule has 3 rings (SSSR count). The highest BCUT2D eigenvalue weighted by Crippen LogP contribution is 2.39. The summed E-state index contributed by atoms with van der Waals surface area (Å²) in [5, 5.41) is 7.39. The third kappa shape index (κ3) is 4.56. The molecule has 0 unspecified atom stereocenters. The lowest BCUT2D eigenvalue weighted by Gasteiger charge is -2.15. The van der Waals surface area contributed by atoms with Crippen molar-refractivity contribution in [3.8, 4) is 0 Å². The Labute approximate surface area is 179 Å². The number of carbonyl (C=O) groups is 3. The number of rotatable bonds is 7. The summed E-state index contributed by atoms with van der Waals surface area (Å²) in [5.41, 5.74) is 1.69. The fraction of sp³-hybridized carbons (Fsp3) is 0.524. The van der Waals surface area contributed by atoms with Crippen molar-refractivity contribution >= 4 is 34.2 Å². The van der Waals surface area contributed by atoms with Crippen LogP contribution in [0.15, 0.2) is 6.07 Å². The van der Waals surface area contributed by atoms with E-state index in [1.807, 2.05) is 13.8 Å². The van der Waals surface area contributed by atoms with E-state index in [0.29, 0.717) is 17.0 Å². The lowest BCUT2D eigenvalue weighted by molar-refractivity contribution is 0.0334. The molecule has 1 aliphatic rings. The smallest absolute Gasteiger partial charge is 0.358 e. The molecular weight excluding hydrogens is 406 g/mol. The summed E-state index contributed by atoms with van der Waals surface area (Å²) in [6.07, 6.45) is 4.26. The van der Waals surface area contributed by atoms with E-state index in [9.17, 15) is 14.4 Å². The highest BCUT2D eigenvalue weighted by atomic mass is 32.1. The standard InChI is InChI=1S/C21H27N3O5S/c1-5-12(3)29-21(27)17-13-9-7-8-10-16(13)30-19(17)22-18(25)15-11-14(23-24(15)4)20(26)28-6-2/h11-12H,5-10H2,1-4H3,(H,22,25)/t12-/m1/s1. The maximum Gasteiger partial charge on any atom is 0.358 e. The van der Waals surface area contributed by atoms with E-state index in [2.05, 4.69) is 10.4 Å². The van der Waals surface area contributed by atoms with Crippen LogP contribution in [0.2, 0.25) is 0 Å². The quantitative estimate of drug-likeness (QED) is 0.668. The van der Waals surface area contributed by atoms with Crippen molar-refractivity contribution in [3.05, 3.63) is 33.5 Å². The number of aryl methyl sites for hydroxylation is 2. The highest BCUT2D eigenvalue weighted by molar-refractivity contribution is 7.17. The predicted molar refractivity (Wildman–Crippen MR) is 113 cm³/mol. The van der Waals surface area contributed by atoms with Gasteiger partial charge >= 0.3 is 11.9 Å². The third-order valence-corrected chi connectivity index (χ3v) is 6.29. The maximum atomic E-state index is 12.9. The summed E-state index contributed by atoms with van der Waals surface area (Å²) >= 11 is 1.42. The maximum absolute atomic E-state index is 12.9. The number of esters is 2. The summed E-state index contributed by atoms with van der Waals surface area (Å²) in [6, 6.07) is 1.39. The van der Waals surface area contributed by atoms with Crippen LogP contribution in [0.1, 0.15) is 81.8 Å². The van der Waals surface area contributed by atoms with Crippen LogP contribution in [0, 0.1) is 0 Å². The van der Waals surface area contributed by atoms with Crippen LogP contribution < -0.4 is 5.32 Å². The average Bonchev–Trinajstić information content (AvgIpc) is 3.28. The Morgan fingerprint density at radius 2 is 1.97 bits per heavy atom. The zero-order valence-corrected chi connectivity index (χ0v) is 18.6. The zero-order chi connectivity index (χ0) is 21.8. The second-order valence-electron chi connectivity index (χ2n) is 7.25. The fourth-order valence-corrected chi connectivity index (χ4v) is 4.62. The number of aromatic nitrogens is 2. The van der Waals surface area contributed by atoms with E-state index in [1.54, 1.807) is 14.0 Å². The molecule has 0 bridgehead atoms. The summed E-state index contributed by atoms with van der Waals surface area (Å²) in [6.45, 7) is 5.72. The highest BCUT2D eigenvalue weighted by Gasteiger charge is 2.29. The summed E-state index contributed by atoms with van der Waals surface area (Å²) in [5.74, 6) is -1.44. The van der Waals surface area contributed by atoms with E-state index in [1.165, 1.54) is 22.1 Å². The molecule has 2 heterocycles. The molecule has 1 N–H and O–H groups in total. The van der Waals surface area contributed by atoms with Crippen LogP contribution in [-0.2, 0) is 29.4 Å². The van der Waals surface area contributed by atoms with Crippen molar-refractivity contribution in [1.82, 2.24) is 9.78 Å². The van der Waals surface area contributed by atoms with E-state index in [0.717, 1.165) is 36.1 Å². The lowest BCUT2D eigenvalue weighted by Crippen LogP contribution is -2.20. The lowest BCUT2D eigenvalue weighted by atomic mass is 9.95. The Bertz CT molecular complexity index is 962. The van der Waals surface area contributed by atoms with Crippen LogP contribution >= 0.6 is 11.3 Å². The molecule has 1 amide bonds. The Kier molecular flexibility index (Phi) is 6.91. The first-order chi connectivity index (χ1) is 14.3. The number of nitrogens with one attached hydrogen (secondary N) is 1. The van der Waals surface area contributed by atoms with Crippen LogP contribution in [0.25, 0.3) is 0 Å². The minimum atomic E-state index is -0.587. The number of thiophene rings is 1. The molecule has 2 aromatic heterocycles. The van der Waals surface area contributed by atoms with Gasteiger partial charge in [0.15, 0.2) is 5.69 Å².